The maximum absolute atomic E-state index is 10.9. The Balaban J connectivity index is 2.06. The maximum Gasteiger partial charge on any atom is 0.338 e. The van der Waals surface area contributed by atoms with E-state index in [0.29, 0.717) is 22.0 Å². The molecule has 24 heavy (non-hydrogen) atoms. The molecule has 0 aliphatic carbocycles. The fourth-order valence-corrected chi connectivity index (χ4v) is 2.38. The first-order valence-corrected chi connectivity index (χ1v) is 7.32. The van der Waals surface area contributed by atoms with Crippen LogP contribution in [0, 0.1) is 18.3 Å². The van der Waals surface area contributed by atoms with Crippen LogP contribution in [0.4, 0.5) is 0 Å². The molecule has 0 unspecified atom stereocenters. The lowest BCUT2D eigenvalue weighted by molar-refractivity contribution is 0.0697. The van der Waals surface area contributed by atoms with Gasteiger partial charge in [0, 0.05) is 29.0 Å². The monoisotopic (exact) mass is 338 g/mol. The molecular formula is C17H11ClN4O2. The molecule has 6 nitrogen and oxygen atoms in total. The Labute approximate surface area is 142 Å². The molecule has 0 aliphatic heterocycles. The summed E-state index contributed by atoms with van der Waals surface area (Å²) in [5, 5.41) is 23.0. The Morgan fingerprint density at radius 2 is 2.12 bits per heavy atom. The number of carbonyl (C=O) groups is 1. The summed E-state index contributed by atoms with van der Waals surface area (Å²) >= 11 is 6.03. The molecule has 2 heterocycles. The van der Waals surface area contributed by atoms with Gasteiger partial charge in [0.15, 0.2) is 5.82 Å². The number of aromatic nitrogens is 3. The molecule has 3 rings (SSSR count). The number of hydrogen-bond acceptors (Lipinski definition) is 4. The second kappa shape index (κ2) is 6.14. The molecule has 1 aromatic carbocycles. The maximum atomic E-state index is 10.9. The average molecular weight is 339 g/mol. The lowest BCUT2D eigenvalue weighted by Gasteiger charge is -2.08. The summed E-state index contributed by atoms with van der Waals surface area (Å²) in [6, 6.07) is 9.18. The fraction of sp³-hybridized carbons (Fsp3) is 0.0588. The number of nitriles is 1. The van der Waals surface area contributed by atoms with Gasteiger partial charge in [0.1, 0.15) is 0 Å². The van der Waals surface area contributed by atoms with Crippen molar-refractivity contribution in [1.82, 2.24) is 14.8 Å². The largest absolute Gasteiger partial charge is 0.478 e. The van der Waals surface area contributed by atoms with Crippen molar-refractivity contribution in [3.05, 3.63) is 64.6 Å². The van der Waals surface area contributed by atoms with Crippen molar-refractivity contribution in [3.8, 4) is 23.0 Å². The minimum absolute atomic E-state index is 0.0488. The third-order valence-electron chi connectivity index (χ3n) is 3.54. The Hall–Kier alpha value is -3.17. The van der Waals surface area contributed by atoms with Crippen LogP contribution >= 0.6 is 11.6 Å². The Morgan fingerprint density at radius 1 is 1.33 bits per heavy atom. The Morgan fingerprint density at radius 3 is 2.75 bits per heavy atom. The Kier molecular flexibility index (Phi) is 4.02. The first-order valence-electron chi connectivity index (χ1n) is 6.94. The molecule has 0 spiro atoms. The van der Waals surface area contributed by atoms with Gasteiger partial charge in [-0.15, -0.1) is 0 Å². The van der Waals surface area contributed by atoms with Crippen LogP contribution in [0.2, 0.25) is 5.02 Å². The van der Waals surface area contributed by atoms with Gasteiger partial charge in [0.2, 0.25) is 0 Å². The number of pyridine rings is 1. The standard InChI is InChI=1S/C17H11ClN4O2/c1-10-4-11(2-3-15(10)18)14-8-20-16(5-12(14)6-19)22-9-13(7-21-22)17(23)24/h2-5,7-9H,1H3,(H,23,24). The van der Waals surface area contributed by atoms with Gasteiger partial charge in [-0.05, 0) is 30.2 Å². The SMILES string of the molecule is Cc1cc(-c2cnc(-n3cc(C(=O)O)cn3)cc2C#N)ccc1Cl. The van der Waals surface area contributed by atoms with Crippen molar-refractivity contribution >= 4 is 17.6 Å². The van der Waals surface area contributed by atoms with E-state index in [9.17, 15) is 10.1 Å². The summed E-state index contributed by atoms with van der Waals surface area (Å²) in [4.78, 5) is 15.2. The minimum Gasteiger partial charge on any atom is -0.478 e. The second-order valence-corrected chi connectivity index (χ2v) is 5.55. The van der Waals surface area contributed by atoms with Crippen LogP contribution < -0.4 is 0 Å². The molecule has 0 bridgehead atoms. The molecule has 0 amide bonds. The number of carboxylic acids is 1. The predicted molar refractivity (Wildman–Crippen MR) is 88.2 cm³/mol. The fourth-order valence-electron chi connectivity index (χ4n) is 2.26. The number of aromatic carboxylic acids is 1. The molecule has 1 N–H and O–H groups in total. The molecule has 0 radical (unpaired) electrons. The third kappa shape index (κ3) is 2.85. The van der Waals surface area contributed by atoms with Crippen molar-refractivity contribution in [2.24, 2.45) is 0 Å². The smallest absolute Gasteiger partial charge is 0.338 e. The van der Waals surface area contributed by atoms with Gasteiger partial charge in [0.05, 0.1) is 23.4 Å². The summed E-state index contributed by atoms with van der Waals surface area (Å²) in [7, 11) is 0. The summed E-state index contributed by atoms with van der Waals surface area (Å²) in [5.74, 6) is -0.705. The van der Waals surface area contributed by atoms with Crippen molar-refractivity contribution in [2.45, 2.75) is 6.92 Å². The first-order chi connectivity index (χ1) is 11.5. The highest BCUT2D eigenvalue weighted by atomic mass is 35.5. The van der Waals surface area contributed by atoms with E-state index in [-0.39, 0.29) is 5.56 Å². The van der Waals surface area contributed by atoms with Crippen LogP contribution in [0.25, 0.3) is 16.9 Å². The predicted octanol–water partition coefficient (Wildman–Crippen LogP) is 3.47. The van der Waals surface area contributed by atoms with Gasteiger partial charge in [-0.25, -0.2) is 14.5 Å². The van der Waals surface area contributed by atoms with Crippen LogP contribution in [0.5, 0.6) is 0 Å². The topological polar surface area (TPSA) is 91.8 Å². The van der Waals surface area contributed by atoms with Crippen LogP contribution in [0.3, 0.4) is 0 Å². The summed E-state index contributed by atoms with van der Waals surface area (Å²) in [6.07, 6.45) is 4.14. The van der Waals surface area contributed by atoms with Crippen LogP contribution in [0.15, 0.2) is 42.9 Å². The molecule has 0 fully saturated rings. The van der Waals surface area contributed by atoms with Crippen molar-refractivity contribution < 1.29 is 9.90 Å². The number of nitrogens with zero attached hydrogens (tertiary/aromatic N) is 4. The van der Waals surface area contributed by atoms with Crippen LogP contribution in [0.1, 0.15) is 21.5 Å². The summed E-state index contributed by atoms with van der Waals surface area (Å²) in [5.41, 5.74) is 2.87. The number of hydrogen-bond donors (Lipinski definition) is 1. The number of rotatable bonds is 3. The van der Waals surface area contributed by atoms with Gasteiger partial charge in [0.25, 0.3) is 0 Å². The van der Waals surface area contributed by atoms with E-state index >= 15 is 0 Å². The van der Waals surface area contributed by atoms with Crippen LogP contribution in [-0.2, 0) is 0 Å². The molecule has 3 aromatic rings. The second-order valence-electron chi connectivity index (χ2n) is 5.14. The number of aryl methyl sites for hydroxylation is 1. The number of halogens is 1. The lowest BCUT2D eigenvalue weighted by Crippen LogP contribution is -2.00. The van der Waals surface area contributed by atoms with E-state index in [1.807, 2.05) is 19.1 Å². The number of carboxylic acid groups (broad SMARTS) is 1. The molecule has 0 atom stereocenters. The van der Waals surface area contributed by atoms with E-state index in [1.165, 1.54) is 17.1 Å². The highest BCUT2D eigenvalue weighted by Crippen LogP contribution is 2.27. The summed E-state index contributed by atoms with van der Waals surface area (Å²) < 4.78 is 1.32. The van der Waals surface area contributed by atoms with Crippen molar-refractivity contribution in [3.63, 3.8) is 0 Å². The van der Waals surface area contributed by atoms with Gasteiger partial charge >= 0.3 is 5.97 Å². The van der Waals surface area contributed by atoms with E-state index in [1.54, 1.807) is 18.3 Å². The van der Waals surface area contributed by atoms with Gasteiger partial charge in [-0.3, -0.25) is 0 Å². The van der Waals surface area contributed by atoms with Crippen molar-refractivity contribution in [2.75, 3.05) is 0 Å². The van der Waals surface area contributed by atoms with E-state index in [4.69, 9.17) is 16.7 Å². The molecule has 118 valence electrons. The number of benzene rings is 1. The van der Waals surface area contributed by atoms with Gasteiger partial charge in [-0.1, -0.05) is 17.7 Å². The highest BCUT2D eigenvalue weighted by molar-refractivity contribution is 6.31. The molecule has 0 saturated carbocycles. The van der Waals surface area contributed by atoms with Gasteiger partial charge in [-0.2, -0.15) is 10.4 Å². The zero-order valence-corrected chi connectivity index (χ0v) is 13.3. The lowest BCUT2D eigenvalue weighted by atomic mass is 10.0. The third-order valence-corrected chi connectivity index (χ3v) is 3.97. The van der Waals surface area contributed by atoms with Crippen LogP contribution in [-0.4, -0.2) is 25.8 Å². The van der Waals surface area contributed by atoms with Gasteiger partial charge < -0.3 is 5.11 Å². The van der Waals surface area contributed by atoms with Crippen molar-refractivity contribution in [1.29, 1.82) is 5.26 Å². The van der Waals surface area contributed by atoms with E-state index in [2.05, 4.69) is 16.2 Å². The van der Waals surface area contributed by atoms with E-state index in [0.717, 1.165) is 11.1 Å². The normalized spacial score (nSPS) is 10.4. The summed E-state index contributed by atoms with van der Waals surface area (Å²) in [6.45, 7) is 1.89. The first kappa shape index (κ1) is 15.7. The Bertz CT molecular complexity index is 988. The average Bonchev–Trinajstić information content (AvgIpc) is 3.07. The molecule has 0 saturated heterocycles. The minimum atomic E-state index is -1.07. The zero-order chi connectivity index (χ0) is 17.3. The molecule has 2 aromatic heterocycles. The zero-order valence-electron chi connectivity index (χ0n) is 12.6. The molecular weight excluding hydrogens is 328 g/mol. The quantitative estimate of drug-likeness (QED) is 0.789. The van der Waals surface area contributed by atoms with E-state index < -0.39 is 5.97 Å². The molecule has 7 heteroatoms. The molecule has 0 aliphatic rings. The highest BCUT2D eigenvalue weighted by Gasteiger charge is 2.12.